The number of piperidine rings is 1. The molecule has 0 saturated carbocycles. The first-order valence-electron chi connectivity index (χ1n) is 10.2. The SMILES string of the molecule is CCN(CC)c1nc(NCCO)nc(N2CCC(N3CCOCC3)CC2)n1. The first kappa shape index (κ1) is 20.0. The van der Waals surface area contributed by atoms with Gasteiger partial charge in [0.1, 0.15) is 0 Å². The molecule has 0 unspecified atom stereocenters. The van der Waals surface area contributed by atoms with E-state index in [-0.39, 0.29) is 6.61 Å². The van der Waals surface area contributed by atoms with Crippen molar-refractivity contribution >= 4 is 17.8 Å². The maximum atomic E-state index is 9.10. The Hall–Kier alpha value is -1.71. The standard InChI is InChI=1S/C18H33N7O2/c1-3-23(4-2)17-20-16(19-7-12-26)21-18(22-17)25-8-5-15(6-9-25)24-10-13-27-14-11-24/h15,26H,3-14H2,1-2H3,(H,19,20,21,22). The number of aliphatic hydroxyl groups is 1. The molecule has 2 N–H and O–H groups in total. The van der Waals surface area contributed by atoms with Gasteiger partial charge in [-0.2, -0.15) is 15.0 Å². The highest BCUT2D eigenvalue weighted by atomic mass is 16.5. The quantitative estimate of drug-likeness (QED) is 0.667. The molecule has 2 aliphatic heterocycles. The van der Waals surface area contributed by atoms with Gasteiger partial charge in [0, 0.05) is 51.9 Å². The summed E-state index contributed by atoms with van der Waals surface area (Å²) in [5, 5.41) is 12.2. The van der Waals surface area contributed by atoms with Crippen molar-refractivity contribution in [3.8, 4) is 0 Å². The number of hydrogen-bond acceptors (Lipinski definition) is 9. The Bertz CT molecular complexity index is 571. The summed E-state index contributed by atoms with van der Waals surface area (Å²) in [7, 11) is 0. The lowest BCUT2D eigenvalue weighted by Gasteiger charge is -2.40. The Labute approximate surface area is 161 Å². The van der Waals surface area contributed by atoms with Gasteiger partial charge in [0.2, 0.25) is 17.8 Å². The van der Waals surface area contributed by atoms with Gasteiger partial charge in [0.05, 0.1) is 19.8 Å². The van der Waals surface area contributed by atoms with Gasteiger partial charge in [-0.15, -0.1) is 0 Å². The second-order valence-corrected chi connectivity index (χ2v) is 6.95. The molecule has 0 spiro atoms. The van der Waals surface area contributed by atoms with Crippen molar-refractivity contribution < 1.29 is 9.84 Å². The molecule has 2 aliphatic rings. The van der Waals surface area contributed by atoms with E-state index in [1.54, 1.807) is 0 Å². The van der Waals surface area contributed by atoms with E-state index in [0.717, 1.165) is 71.3 Å². The van der Waals surface area contributed by atoms with E-state index < -0.39 is 0 Å². The van der Waals surface area contributed by atoms with Crippen LogP contribution in [-0.4, -0.2) is 96.6 Å². The van der Waals surface area contributed by atoms with E-state index in [9.17, 15) is 0 Å². The fourth-order valence-corrected chi connectivity index (χ4v) is 3.76. The van der Waals surface area contributed by atoms with Crippen LogP contribution < -0.4 is 15.1 Å². The molecule has 0 radical (unpaired) electrons. The zero-order valence-electron chi connectivity index (χ0n) is 16.6. The molecule has 3 heterocycles. The lowest BCUT2D eigenvalue weighted by Crippen LogP contribution is -2.49. The van der Waals surface area contributed by atoms with E-state index in [1.807, 2.05) is 0 Å². The maximum absolute atomic E-state index is 9.10. The maximum Gasteiger partial charge on any atom is 0.231 e. The Morgan fingerprint density at radius 1 is 1.07 bits per heavy atom. The van der Waals surface area contributed by atoms with E-state index >= 15 is 0 Å². The van der Waals surface area contributed by atoms with Gasteiger partial charge in [-0.3, -0.25) is 4.90 Å². The van der Waals surface area contributed by atoms with Crippen LogP contribution in [0.2, 0.25) is 0 Å². The number of hydrogen-bond donors (Lipinski definition) is 2. The zero-order chi connectivity index (χ0) is 19.1. The normalized spacial score (nSPS) is 19.3. The van der Waals surface area contributed by atoms with Gasteiger partial charge in [0.25, 0.3) is 0 Å². The van der Waals surface area contributed by atoms with Gasteiger partial charge in [0.15, 0.2) is 0 Å². The van der Waals surface area contributed by atoms with Crippen LogP contribution >= 0.6 is 0 Å². The first-order chi connectivity index (χ1) is 13.2. The summed E-state index contributed by atoms with van der Waals surface area (Å²) in [4.78, 5) is 20.8. The largest absolute Gasteiger partial charge is 0.395 e. The van der Waals surface area contributed by atoms with Gasteiger partial charge >= 0.3 is 0 Å². The average Bonchev–Trinajstić information content (AvgIpc) is 2.74. The molecule has 2 fully saturated rings. The second-order valence-electron chi connectivity index (χ2n) is 6.95. The van der Waals surface area contributed by atoms with E-state index in [0.29, 0.717) is 24.5 Å². The molecular weight excluding hydrogens is 346 g/mol. The summed E-state index contributed by atoms with van der Waals surface area (Å²) < 4.78 is 5.47. The number of nitrogens with one attached hydrogen (secondary N) is 1. The van der Waals surface area contributed by atoms with Crippen LogP contribution in [-0.2, 0) is 4.74 Å². The number of rotatable bonds is 8. The highest BCUT2D eigenvalue weighted by molar-refractivity contribution is 5.45. The molecular formula is C18H33N7O2. The molecule has 0 amide bonds. The number of morpholine rings is 1. The molecule has 9 nitrogen and oxygen atoms in total. The van der Waals surface area contributed by atoms with Crippen molar-refractivity contribution in [2.75, 3.05) is 80.8 Å². The fraction of sp³-hybridized carbons (Fsp3) is 0.833. The first-order valence-corrected chi connectivity index (χ1v) is 10.2. The summed E-state index contributed by atoms with van der Waals surface area (Å²) >= 11 is 0. The van der Waals surface area contributed by atoms with Crippen molar-refractivity contribution in [2.24, 2.45) is 0 Å². The summed E-state index contributed by atoms with van der Waals surface area (Å²) in [6.07, 6.45) is 2.23. The molecule has 9 heteroatoms. The Morgan fingerprint density at radius 2 is 1.78 bits per heavy atom. The topological polar surface area (TPSA) is 89.9 Å². The number of aliphatic hydroxyl groups excluding tert-OH is 1. The number of ether oxygens (including phenoxy) is 1. The van der Waals surface area contributed by atoms with Gasteiger partial charge in [-0.1, -0.05) is 0 Å². The van der Waals surface area contributed by atoms with Crippen LogP contribution in [0.3, 0.4) is 0 Å². The minimum Gasteiger partial charge on any atom is -0.395 e. The summed E-state index contributed by atoms with van der Waals surface area (Å²) in [5.74, 6) is 1.96. The highest BCUT2D eigenvalue weighted by Crippen LogP contribution is 2.23. The Kier molecular flexibility index (Phi) is 7.42. The lowest BCUT2D eigenvalue weighted by atomic mass is 10.0. The predicted molar refractivity (Wildman–Crippen MR) is 107 cm³/mol. The summed E-state index contributed by atoms with van der Waals surface area (Å²) in [5.41, 5.74) is 0. The molecule has 3 rings (SSSR count). The molecule has 0 atom stereocenters. The van der Waals surface area contributed by atoms with Crippen LogP contribution in [0.25, 0.3) is 0 Å². The molecule has 27 heavy (non-hydrogen) atoms. The fourth-order valence-electron chi connectivity index (χ4n) is 3.76. The minimum atomic E-state index is 0.0482. The van der Waals surface area contributed by atoms with Gasteiger partial charge in [-0.25, -0.2) is 0 Å². The van der Waals surface area contributed by atoms with Crippen molar-refractivity contribution in [3.63, 3.8) is 0 Å². The molecule has 0 aromatic carbocycles. The van der Waals surface area contributed by atoms with Crippen LogP contribution in [0.1, 0.15) is 26.7 Å². The average molecular weight is 380 g/mol. The second kappa shape index (κ2) is 10.0. The third kappa shape index (κ3) is 5.18. The highest BCUT2D eigenvalue weighted by Gasteiger charge is 2.27. The molecule has 1 aromatic rings. The minimum absolute atomic E-state index is 0.0482. The third-order valence-corrected chi connectivity index (χ3v) is 5.36. The number of nitrogens with zero attached hydrogens (tertiary/aromatic N) is 6. The number of anilines is 3. The Morgan fingerprint density at radius 3 is 2.41 bits per heavy atom. The van der Waals surface area contributed by atoms with Crippen molar-refractivity contribution in [1.29, 1.82) is 0 Å². The summed E-state index contributed by atoms with van der Waals surface area (Å²) in [6.45, 7) is 12.0. The van der Waals surface area contributed by atoms with Crippen LogP contribution in [0.15, 0.2) is 0 Å². The van der Waals surface area contributed by atoms with Gasteiger partial charge in [-0.05, 0) is 26.7 Å². The van der Waals surface area contributed by atoms with Crippen LogP contribution in [0.4, 0.5) is 17.8 Å². The molecule has 0 aliphatic carbocycles. The monoisotopic (exact) mass is 379 g/mol. The Balaban J connectivity index is 1.70. The van der Waals surface area contributed by atoms with Gasteiger partial charge < -0.3 is 25.0 Å². The zero-order valence-corrected chi connectivity index (χ0v) is 16.6. The smallest absolute Gasteiger partial charge is 0.231 e. The summed E-state index contributed by atoms with van der Waals surface area (Å²) in [6, 6.07) is 0.626. The van der Waals surface area contributed by atoms with E-state index in [2.05, 4.69) is 43.8 Å². The van der Waals surface area contributed by atoms with Crippen molar-refractivity contribution in [2.45, 2.75) is 32.7 Å². The molecule has 152 valence electrons. The lowest BCUT2D eigenvalue weighted by molar-refractivity contribution is 0.0114. The molecule has 2 saturated heterocycles. The molecule has 1 aromatic heterocycles. The predicted octanol–water partition coefficient (Wildman–Crippen LogP) is 0.423. The van der Waals surface area contributed by atoms with Crippen molar-refractivity contribution in [1.82, 2.24) is 19.9 Å². The van der Waals surface area contributed by atoms with Crippen molar-refractivity contribution in [3.05, 3.63) is 0 Å². The van der Waals surface area contributed by atoms with Crippen LogP contribution in [0.5, 0.6) is 0 Å². The molecule has 0 bridgehead atoms. The van der Waals surface area contributed by atoms with E-state index in [4.69, 9.17) is 14.8 Å². The number of aromatic nitrogens is 3. The third-order valence-electron chi connectivity index (χ3n) is 5.36. The van der Waals surface area contributed by atoms with E-state index in [1.165, 1.54) is 0 Å². The van der Waals surface area contributed by atoms with Crippen LogP contribution in [0, 0.1) is 0 Å².